The minimum Gasteiger partial charge on any atom is -0.394 e. The van der Waals surface area contributed by atoms with Crippen LogP contribution in [0.5, 0.6) is 0 Å². The summed E-state index contributed by atoms with van der Waals surface area (Å²) in [4.78, 5) is 13.2. The highest BCUT2D eigenvalue weighted by Crippen LogP contribution is 2.26. The van der Waals surface area contributed by atoms with Crippen LogP contribution in [-0.4, -0.2) is 107 Å². The van der Waals surface area contributed by atoms with Crippen molar-refractivity contribution in [2.75, 3.05) is 13.2 Å². The van der Waals surface area contributed by atoms with Gasteiger partial charge in [-0.2, -0.15) is 8.42 Å². The van der Waals surface area contributed by atoms with Crippen LogP contribution in [0.4, 0.5) is 0 Å². The van der Waals surface area contributed by atoms with Crippen LogP contribution in [0, 0.1) is 0 Å². The van der Waals surface area contributed by atoms with Crippen LogP contribution in [-0.2, 0) is 28.9 Å². The molecule has 7 N–H and O–H groups in total. The molecule has 0 saturated carbocycles. The molecule has 1 aliphatic rings. The summed E-state index contributed by atoms with van der Waals surface area (Å²) in [5.41, 5.74) is 0. The lowest BCUT2D eigenvalue weighted by molar-refractivity contribution is -0.298. The van der Waals surface area contributed by atoms with Gasteiger partial charge in [0.05, 0.1) is 25.4 Å². The summed E-state index contributed by atoms with van der Waals surface area (Å²) in [6.45, 7) is 3.24. The highest BCUT2D eigenvalue weighted by atomic mass is 32.3. The second-order valence-electron chi connectivity index (χ2n) is 19.0. The fourth-order valence-corrected chi connectivity index (χ4v) is 9.08. The number of nitrogens with one attached hydrogen (secondary N) is 1. The van der Waals surface area contributed by atoms with E-state index in [-0.39, 0.29) is 6.42 Å². The van der Waals surface area contributed by atoms with Crippen molar-refractivity contribution in [2.45, 2.75) is 288 Å². The molecular weight excluding hydrogens is 863 g/mol. The first-order chi connectivity index (χ1) is 31.9. The average Bonchev–Trinajstić information content (AvgIpc) is 3.29. The van der Waals surface area contributed by atoms with Crippen LogP contribution in [0.2, 0.25) is 0 Å². The number of amides is 1. The highest BCUT2D eigenvalue weighted by Gasteiger charge is 2.48. The molecule has 8 atom stereocenters. The summed E-state index contributed by atoms with van der Waals surface area (Å²) in [6, 6.07) is -1.12. The fourth-order valence-electron chi connectivity index (χ4n) is 8.57. The highest BCUT2D eigenvalue weighted by molar-refractivity contribution is 7.80. The lowest BCUT2D eigenvalue weighted by atomic mass is 9.99. The molecule has 0 aromatic rings. The van der Waals surface area contributed by atoms with Crippen molar-refractivity contribution >= 4 is 16.3 Å². The van der Waals surface area contributed by atoms with Crippen molar-refractivity contribution in [3.63, 3.8) is 0 Å². The van der Waals surface area contributed by atoms with E-state index in [0.29, 0.717) is 12.8 Å². The third-order valence-corrected chi connectivity index (χ3v) is 13.3. The molecule has 8 unspecified atom stereocenters. The molecule has 13 nitrogen and oxygen atoms in total. The molecule has 1 fully saturated rings. The van der Waals surface area contributed by atoms with Crippen molar-refractivity contribution in [1.29, 1.82) is 0 Å². The van der Waals surface area contributed by atoms with E-state index in [9.17, 15) is 43.3 Å². The van der Waals surface area contributed by atoms with Gasteiger partial charge in [0, 0.05) is 0 Å². The summed E-state index contributed by atoms with van der Waals surface area (Å²) in [5, 5.41) is 55.4. The van der Waals surface area contributed by atoms with Crippen LogP contribution in [0.25, 0.3) is 0 Å². The molecule has 0 aromatic carbocycles. The van der Waals surface area contributed by atoms with Crippen LogP contribution in [0.15, 0.2) is 24.3 Å². The first-order valence-corrected chi connectivity index (χ1v) is 28.2. The van der Waals surface area contributed by atoms with E-state index < -0.39 is 78.5 Å². The van der Waals surface area contributed by atoms with E-state index in [2.05, 4.69) is 35.5 Å². The van der Waals surface area contributed by atoms with Crippen molar-refractivity contribution in [2.24, 2.45) is 0 Å². The molecule has 1 amide bonds. The van der Waals surface area contributed by atoms with Crippen LogP contribution in [0.1, 0.15) is 239 Å². The van der Waals surface area contributed by atoms with Gasteiger partial charge < -0.3 is 40.3 Å². The topological polar surface area (TPSA) is 212 Å². The summed E-state index contributed by atoms with van der Waals surface area (Å²) in [7, 11) is -5.12. The molecule has 1 saturated heterocycles. The molecular formula is C52H99NO12S. The lowest BCUT2D eigenvalue weighted by Crippen LogP contribution is -2.61. The maximum absolute atomic E-state index is 13.2. The predicted molar refractivity (Wildman–Crippen MR) is 265 cm³/mol. The van der Waals surface area contributed by atoms with Crippen molar-refractivity contribution in [3.8, 4) is 0 Å². The van der Waals surface area contributed by atoms with Gasteiger partial charge >= 0.3 is 10.4 Å². The van der Waals surface area contributed by atoms with Crippen LogP contribution < -0.4 is 5.32 Å². The van der Waals surface area contributed by atoms with E-state index >= 15 is 0 Å². The third-order valence-electron chi connectivity index (χ3n) is 12.8. The molecule has 0 aromatic heterocycles. The summed E-state index contributed by atoms with van der Waals surface area (Å²) in [6.07, 6.45) is 38.2. The Labute approximate surface area is 402 Å². The Morgan fingerprint density at radius 3 is 1.41 bits per heavy atom. The molecule has 0 aliphatic carbocycles. The quantitative estimate of drug-likeness (QED) is 0.0173. The number of allylic oxidation sites excluding steroid dienone is 3. The van der Waals surface area contributed by atoms with Gasteiger partial charge in [-0.25, -0.2) is 4.18 Å². The van der Waals surface area contributed by atoms with Gasteiger partial charge in [0.25, 0.3) is 0 Å². The standard InChI is InChI=1S/C52H99NO12S/c1-3-5-7-9-11-13-15-17-19-21-22-23-24-25-27-28-30-32-34-36-38-40-45(55)44(43-63-52-49(58)50(65-66(60,61)62)48(57)47(42-54)64-52)53-51(59)46(56)41-39-37-35-33-31-29-26-20-18-16-14-12-10-8-6-4-2/h18,20,38,40,44-50,52,54-58H,3-17,19,21-37,39,41-43H2,1-2H3,(H,53,59)(H,60,61,62)/b20-18-,40-38+. The minimum atomic E-state index is -5.12. The zero-order chi connectivity index (χ0) is 48.5. The second kappa shape index (κ2) is 42.4. The number of ether oxygens (including phenoxy) is 2. The molecule has 1 aliphatic heterocycles. The van der Waals surface area contributed by atoms with E-state index in [1.165, 1.54) is 141 Å². The Morgan fingerprint density at radius 1 is 0.606 bits per heavy atom. The van der Waals surface area contributed by atoms with E-state index in [0.717, 1.165) is 64.2 Å². The van der Waals surface area contributed by atoms with Crippen molar-refractivity contribution in [1.82, 2.24) is 5.32 Å². The molecule has 0 radical (unpaired) electrons. The Kier molecular flexibility index (Phi) is 40.2. The first kappa shape index (κ1) is 62.6. The minimum absolute atomic E-state index is 0.237. The van der Waals surface area contributed by atoms with Crippen molar-refractivity contribution < 1.29 is 57.0 Å². The number of carbonyl (C=O) groups is 1. The van der Waals surface area contributed by atoms with Crippen LogP contribution >= 0.6 is 0 Å². The summed E-state index contributed by atoms with van der Waals surface area (Å²) in [5.74, 6) is -0.705. The summed E-state index contributed by atoms with van der Waals surface area (Å²) < 4.78 is 47.7. The zero-order valence-electron chi connectivity index (χ0n) is 41.6. The van der Waals surface area contributed by atoms with Gasteiger partial charge in [0.15, 0.2) is 6.29 Å². The first-order valence-electron chi connectivity index (χ1n) is 26.8. The molecule has 390 valence electrons. The van der Waals surface area contributed by atoms with Gasteiger partial charge in [0.1, 0.15) is 30.5 Å². The number of aliphatic hydroxyl groups is 5. The van der Waals surface area contributed by atoms with Gasteiger partial charge in [-0.05, 0) is 44.9 Å². The smallest absolute Gasteiger partial charge is 0.394 e. The average molecular weight is 962 g/mol. The molecule has 66 heavy (non-hydrogen) atoms. The Balaban J connectivity index is 2.49. The number of unbranched alkanes of at least 4 members (excludes halogenated alkanes) is 31. The van der Waals surface area contributed by atoms with Crippen molar-refractivity contribution in [3.05, 3.63) is 24.3 Å². The Bertz CT molecular complexity index is 1290. The van der Waals surface area contributed by atoms with Gasteiger partial charge in [-0.3, -0.25) is 9.35 Å². The summed E-state index contributed by atoms with van der Waals surface area (Å²) >= 11 is 0. The van der Waals surface area contributed by atoms with Gasteiger partial charge in [-0.1, -0.05) is 218 Å². The predicted octanol–water partition coefficient (Wildman–Crippen LogP) is 10.6. The molecule has 1 rings (SSSR count). The fraction of sp³-hybridized carbons (Fsp3) is 0.904. The third kappa shape index (κ3) is 33.9. The molecule has 1 heterocycles. The van der Waals surface area contributed by atoms with Crippen LogP contribution in [0.3, 0.4) is 0 Å². The van der Waals surface area contributed by atoms with Gasteiger partial charge in [-0.15, -0.1) is 0 Å². The maximum atomic E-state index is 13.2. The Morgan fingerprint density at radius 2 is 1.00 bits per heavy atom. The number of carbonyl (C=O) groups excluding carboxylic acids is 1. The van der Waals surface area contributed by atoms with Gasteiger partial charge in [0.2, 0.25) is 5.91 Å². The number of hydrogen-bond donors (Lipinski definition) is 7. The largest absolute Gasteiger partial charge is 0.397 e. The molecule has 0 bridgehead atoms. The number of aliphatic hydroxyl groups excluding tert-OH is 5. The second-order valence-corrected chi connectivity index (χ2v) is 20.0. The lowest BCUT2D eigenvalue weighted by Gasteiger charge is -2.41. The van der Waals surface area contributed by atoms with E-state index in [4.69, 9.17) is 9.47 Å². The molecule has 0 spiro atoms. The number of rotatable bonds is 46. The van der Waals surface area contributed by atoms with E-state index in [1.54, 1.807) is 6.08 Å². The SMILES string of the molecule is CCCCCCCC/C=C\CCCCCCCCC(O)C(=O)NC(COC1OC(CO)C(O)C(OS(=O)(=O)O)C1O)C(O)/C=C/CCCCCCCCCCCCCCCCCCCCC. The Hall–Kier alpha value is -1.46. The monoisotopic (exact) mass is 962 g/mol. The maximum Gasteiger partial charge on any atom is 0.397 e. The molecule has 14 heteroatoms. The number of hydrogen-bond acceptors (Lipinski definition) is 11. The zero-order valence-corrected chi connectivity index (χ0v) is 42.4. The van der Waals surface area contributed by atoms with E-state index in [1.807, 2.05) is 6.08 Å². The normalized spacial score (nSPS) is 20.6.